The number of para-hydroxylation sites is 1. The molecule has 7 heteroatoms. The SMILES string of the molecule is C[C@@H]1COc2ccccc2CCCCC2(CCN(C(=O)c3ccc(=O)[nH]c3)CC2)C(=O)N1. The Bertz CT molecular complexity index is 1000. The van der Waals surface area contributed by atoms with Crippen molar-refractivity contribution in [2.45, 2.75) is 51.5 Å². The Kier molecular flexibility index (Phi) is 6.63. The molecule has 2 aliphatic rings. The van der Waals surface area contributed by atoms with Crippen LogP contribution >= 0.6 is 0 Å². The van der Waals surface area contributed by atoms with E-state index in [1.54, 1.807) is 11.0 Å². The molecule has 1 spiro atoms. The van der Waals surface area contributed by atoms with E-state index >= 15 is 0 Å². The summed E-state index contributed by atoms with van der Waals surface area (Å²) in [5, 5.41) is 3.16. The molecule has 4 rings (SSSR count). The van der Waals surface area contributed by atoms with Gasteiger partial charge in [0.2, 0.25) is 11.5 Å². The Labute approximate surface area is 188 Å². The second-order valence-electron chi connectivity index (χ2n) is 9.01. The highest BCUT2D eigenvalue weighted by Crippen LogP contribution is 2.38. The lowest BCUT2D eigenvalue weighted by Crippen LogP contribution is -2.52. The summed E-state index contributed by atoms with van der Waals surface area (Å²) in [7, 11) is 0. The quantitative estimate of drug-likeness (QED) is 0.718. The molecule has 1 aromatic carbocycles. The Balaban J connectivity index is 1.45. The number of piperidine rings is 1. The third-order valence-electron chi connectivity index (χ3n) is 6.71. The monoisotopic (exact) mass is 437 g/mol. The Morgan fingerprint density at radius 1 is 1.06 bits per heavy atom. The molecule has 0 aliphatic carbocycles. The lowest BCUT2D eigenvalue weighted by Gasteiger charge is -2.41. The normalized spacial score (nSPS) is 21.5. The van der Waals surface area contributed by atoms with Crippen molar-refractivity contribution in [3.05, 3.63) is 64.1 Å². The summed E-state index contributed by atoms with van der Waals surface area (Å²) < 4.78 is 6.01. The van der Waals surface area contributed by atoms with E-state index in [1.807, 2.05) is 25.1 Å². The van der Waals surface area contributed by atoms with Gasteiger partial charge in [0.25, 0.3) is 5.91 Å². The number of amides is 2. The molecule has 7 nitrogen and oxygen atoms in total. The number of aromatic nitrogens is 1. The van der Waals surface area contributed by atoms with Gasteiger partial charge in [-0.2, -0.15) is 0 Å². The molecule has 170 valence electrons. The molecule has 1 atom stereocenters. The van der Waals surface area contributed by atoms with Crippen molar-refractivity contribution in [2.24, 2.45) is 5.41 Å². The summed E-state index contributed by atoms with van der Waals surface area (Å²) in [6.07, 6.45) is 6.41. The average molecular weight is 438 g/mol. The highest BCUT2D eigenvalue weighted by atomic mass is 16.5. The lowest BCUT2D eigenvalue weighted by molar-refractivity contribution is -0.135. The molecule has 1 aromatic heterocycles. The number of hydrogen-bond acceptors (Lipinski definition) is 4. The number of likely N-dealkylation sites (tertiary alicyclic amines) is 1. The first-order chi connectivity index (χ1) is 15.5. The van der Waals surface area contributed by atoms with Crippen LogP contribution in [0.25, 0.3) is 0 Å². The minimum absolute atomic E-state index is 0.0681. The van der Waals surface area contributed by atoms with Gasteiger partial charge in [-0.25, -0.2) is 0 Å². The fraction of sp³-hybridized carbons (Fsp3) is 0.480. The van der Waals surface area contributed by atoms with Gasteiger partial charge in [-0.05, 0) is 56.7 Å². The highest BCUT2D eigenvalue weighted by molar-refractivity contribution is 5.94. The fourth-order valence-corrected chi connectivity index (χ4v) is 4.72. The van der Waals surface area contributed by atoms with Crippen LogP contribution < -0.4 is 15.6 Å². The van der Waals surface area contributed by atoms with Gasteiger partial charge < -0.3 is 19.9 Å². The van der Waals surface area contributed by atoms with Gasteiger partial charge in [0.1, 0.15) is 12.4 Å². The van der Waals surface area contributed by atoms with Gasteiger partial charge in [0.05, 0.1) is 17.0 Å². The first-order valence-electron chi connectivity index (χ1n) is 11.5. The summed E-state index contributed by atoms with van der Waals surface area (Å²) in [5.74, 6) is 0.861. The zero-order valence-corrected chi connectivity index (χ0v) is 18.6. The van der Waals surface area contributed by atoms with E-state index in [0.29, 0.717) is 38.1 Å². The van der Waals surface area contributed by atoms with E-state index < -0.39 is 5.41 Å². The van der Waals surface area contributed by atoms with Crippen LogP contribution in [0.5, 0.6) is 5.75 Å². The van der Waals surface area contributed by atoms with Crippen molar-refractivity contribution in [1.29, 1.82) is 0 Å². The smallest absolute Gasteiger partial charge is 0.255 e. The number of ether oxygens (including phenoxy) is 1. The minimum Gasteiger partial charge on any atom is -0.491 e. The molecule has 32 heavy (non-hydrogen) atoms. The van der Waals surface area contributed by atoms with Crippen LogP contribution in [0, 0.1) is 5.41 Å². The summed E-state index contributed by atoms with van der Waals surface area (Å²) in [4.78, 5) is 41.8. The molecule has 1 saturated heterocycles. The number of rotatable bonds is 1. The van der Waals surface area contributed by atoms with E-state index in [-0.39, 0.29) is 23.4 Å². The van der Waals surface area contributed by atoms with Gasteiger partial charge in [0, 0.05) is 25.4 Å². The summed E-state index contributed by atoms with van der Waals surface area (Å²) in [6, 6.07) is 10.9. The Morgan fingerprint density at radius 3 is 2.59 bits per heavy atom. The van der Waals surface area contributed by atoms with Crippen LogP contribution in [0.2, 0.25) is 0 Å². The highest BCUT2D eigenvalue weighted by Gasteiger charge is 2.42. The molecule has 0 saturated carbocycles. The Morgan fingerprint density at radius 2 is 1.84 bits per heavy atom. The molecular weight excluding hydrogens is 406 g/mol. The van der Waals surface area contributed by atoms with Crippen LogP contribution in [0.15, 0.2) is 47.4 Å². The Hall–Kier alpha value is -3.09. The van der Waals surface area contributed by atoms with Crippen LogP contribution in [-0.2, 0) is 11.2 Å². The molecule has 2 N–H and O–H groups in total. The van der Waals surface area contributed by atoms with Crippen LogP contribution in [0.1, 0.15) is 54.9 Å². The van der Waals surface area contributed by atoms with E-state index in [2.05, 4.69) is 16.4 Å². The second kappa shape index (κ2) is 9.59. The number of carbonyl (C=O) groups is 2. The van der Waals surface area contributed by atoms with E-state index in [1.165, 1.54) is 17.8 Å². The van der Waals surface area contributed by atoms with Crippen molar-refractivity contribution in [3.8, 4) is 5.75 Å². The zero-order valence-electron chi connectivity index (χ0n) is 18.6. The number of aromatic amines is 1. The number of benzene rings is 1. The predicted octanol–water partition coefficient (Wildman–Crippen LogP) is 2.91. The number of aryl methyl sites for hydroxylation is 1. The second-order valence-corrected chi connectivity index (χ2v) is 9.01. The maximum atomic E-state index is 13.3. The molecule has 2 aromatic rings. The molecule has 3 heterocycles. The predicted molar refractivity (Wildman–Crippen MR) is 122 cm³/mol. The number of fused-ring (bicyclic) bond motifs is 1. The zero-order chi connectivity index (χ0) is 22.6. The molecule has 0 radical (unpaired) electrons. The molecule has 2 aliphatic heterocycles. The molecule has 0 bridgehead atoms. The van der Waals surface area contributed by atoms with Gasteiger partial charge in [-0.15, -0.1) is 0 Å². The maximum Gasteiger partial charge on any atom is 0.255 e. The van der Waals surface area contributed by atoms with Gasteiger partial charge in [-0.3, -0.25) is 14.4 Å². The van der Waals surface area contributed by atoms with Gasteiger partial charge in [-0.1, -0.05) is 24.6 Å². The standard InChI is InChI=1S/C25H31N3O4/c1-18-17-32-21-8-3-2-6-19(21)7-4-5-11-25(24(31)27-18)12-14-28(15-13-25)23(30)20-9-10-22(29)26-16-20/h2-3,6,8-10,16,18H,4-5,7,11-15,17H2,1H3,(H,26,29)(H,27,31)/t18-/m1/s1. The molecular formula is C25H31N3O4. The molecule has 0 unspecified atom stereocenters. The topological polar surface area (TPSA) is 91.5 Å². The third-order valence-corrected chi connectivity index (χ3v) is 6.71. The number of pyridine rings is 1. The molecule has 2 amide bonds. The van der Waals surface area contributed by atoms with Gasteiger partial charge >= 0.3 is 0 Å². The van der Waals surface area contributed by atoms with E-state index in [4.69, 9.17) is 4.74 Å². The minimum atomic E-state index is -0.464. The number of hydrogen-bond donors (Lipinski definition) is 2. The van der Waals surface area contributed by atoms with E-state index in [0.717, 1.165) is 31.4 Å². The van der Waals surface area contributed by atoms with E-state index in [9.17, 15) is 14.4 Å². The van der Waals surface area contributed by atoms with Crippen molar-refractivity contribution >= 4 is 11.8 Å². The fourth-order valence-electron chi connectivity index (χ4n) is 4.72. The van der Waals surface area contributed by atoms with Crippen molar-refractivity contribution < 1.29 is 14.3 Å². The number of nitrogens with one attached hydrogen (secondary N) is 2. The third kappa shape index (κ3) is 4.87. The number of nitrogens with zero attached hydrogens (tertiary/aromatic N) is 1. The number of H-pyrrole nitrogens is 1. The van der Waals surface area contributed by atoms with Crippen molar-refractivity contribution in [2.75, 3.05) is 19.7 Å². The van der Waals surface area contributed by atoms with Crippen LogP contribution in [0.3, 0.4) is 0 Å². The first kappa shape index (κ1) is 22.1. The summed E-state index contributed by atoms with van der Waals surface area (Å²) in [6.45, 7) is 3.45. The van der Waals surface area contributed by atoms with Crippen molar-refractivity contribution in [3.63, 3.8) is 0 Å². The maximum absolute atomic E-state index is 13.3. The van der Waals surface area contributed by atoms with Crippen LogP contribution in [-0.4, -0.2) is 47.4 Å². The van der Waals surface area contributed by atoms with Crippen molar-refractivity contribution in [1.82, 2.24) is 15.2 Å². The summed E-state index contributed by atoms with van der Waals surface area (Å²) in [5.41, 5.74) is 0.981. The average Bonchev–Trinajstić information content (AvgIpc) is 2.81. The van der Waals surface area contributed by atoms with Crippen LogP contribution in [0.4, 0.5) is 0 Å². The number of carbonyl (C=O) groups excluding carboxylic acids is 2. The first-order valence-corrected chi connectivity index (χ1v) is 11.5. The largest absolute Gasteiger partial charge is 0.491 e. The summed E-state index contributed by atoms with van der Waals surface area (Å²) >= 11 is 0. The lowest BCUT2D eigenvalue weighted by atomic mass is 9.73. The van der Waals surface area contributed by atoms with Gasteiger partial charge in [0.15, 0.2) is 0 Å². The molecule has 1 fully saturated rings.